The number of aromatic amines is 1. The number of nitrogens with one attached hydrogen (secondary N) is 1. The fourth-order valence-corrected chi connectivity index (χ4v) is 3.53. The van der Waals surface area contributed by atoms with Crippen LogP contribution in [0.1, 0.15) is 5.56 Å². The molecule has 0 fully saturated rings. The Morgan fingerprint density at radius 2 is 1.61 bits per heavy atom. The fourth-order valence-electron chi connectivity index (χ4n) is 2.09. The summed E-state index contributed by atoms with van der Waals surface area (Å²) in [4.78, 5) is 2.80. The second kappa shape index (κ2) is 6.48. The van der Waals surface area contributed by atoms with E-state index in [-0.39, 0.29) is 10.8 Å². The molecule has 0 aliphatic carbocycles. The highest BCUT2D eigenvalue weighted by molar-refractivity contribution is 7.90. The molecule has 4 nitrogen and oxygen atoms in total. The minimum atomic E-state index is -3.48. The molecule has 2 aromatic carbocycles. The van der Waals surface area contributed by atoms with E-state index in [9.17, 15) is 8.42 Å². The van der Waals surface area contributed by atoms with Gasteiger partial charge >= 0.3 is 0 Å². The molecule has 118 valence electrons. The second-order valence-electron chi connectivity index (χ2n) is 4.99. The van der Waals surface area contributed by atoms with Crippen molar-refractivity contribution in [1.82, 2.24) is 4.98 Å². The first-order chi connectivity index (χ1) is 11.0. The number of hydrogen-bond donors (Lipinski definition) is 1. The van der Waals surface area contributed by atoms with E-state index in [1.165, 1.54) is 6.07 Å². The summed E-state index contributed by atoms with van der Waals surface area (Å²) in [6.07, 6.45) is 0. The molecular formula is C17H14ClNO3S. The third-order valence-electron chi connectivity index (χ3n) is 3.21. The Hall–Kier alpha value is -2.24. The maximum Gasteiger partial charge on any atom is 0.198 e. The van der Waals surface area contributed by atoms with Crippen LogP contribution >= 0.6 is 11.6 Å². The minimum absolute atomic E-state index is 0.102. The molecule has 0 bridgehead atoms. The van der Waals surface area contributed by atoms with Crippen molar-refractivity contribution in [2.24, 2.45) is 0 Å². The number of halogens is 1. The fraction of sp³-hybridized carbons (Fsp3) is 0.0588. The van der Waals surface area contributed by atoms with Gasteiger partial charge in [-0.3, -0.25) is 0 Å². The molecule has 0 amide bonds. The molecule has 1 N–H and O–H groups in total. The van der Waals surface area contributed by atoms with Gasteiger partial charge < -0.3 is 9.72 Å². The van der Waals surface area contributed by atoms with Crippen molar-refractivity contribution in [2.75, 3.05) is 0 Å². The summed E-state index contributed by atoms with van der Waals surface area (Å²) in [5.74, 6) is 0.914. The van der Waals surface area contributed by atoms with Gasteiger partial charge in [0.25, 0.3) is 0 Å². The molecular weight excluding hydrogens is 334 g/mol. The summed E-state index contributed by atoms with van der Waals surface area (Å²) < 4.78 is 30.4. The molecule has 6 heteroatoms. The number of para-hydroxylation sites is 1. The van der Waals surface area contributed by atoms with Crippen LogP contribution < -0.4 is 4.74 Å². The van der Waals surface area contributed by atoms with Crippen LogP contribution in [0.4, 0.5) is 0 Å². The van der Waals surface area contributed by atoms with Gasteiger partial charge in [-0.1, -0.05) is 41.9 Å². The Kier molecular flexibility index (Phi) is 4.41. The molecule has 3 aromatic rings. The highest BCUT2D eigenvalue weighted by atomic mass is 35.5. The quantitative estimate of drug-likeness (QED) is 0.742. The zero-order chi connectivity index (χ0) is 16.3. The smallest absolute Gasteiger partial charge is 0.198 e. The zero-order valence-electron chi connectivity index (χ0n) is 12.1. The van der Waals surface area contributed by atoms with Gasteiger partial charge in [-0.15, -0.1) is 0 Å². The number of rotatable bonds is 5. The monoisotopic (exact) mass is 347 g/mol. The van der Waals surface area contributed by atoms with Crippen molar-refractivity contribution < 1.29 is 13.2 Å². The van der Waals surface area contributed by atoms with Gasteiger partial charge in [0.2, 0.25) is 0 Å². The first-order valence-corrected chi connectivity index (χ1v) is 8.95. The van der Waals surface area contributed by atoms with E-state index in [1.54, 1.807) is 42.5 Å². The Labute approximate surface area is 139 Å². The number of hydrogen-bond acceptors (Lipinski definition) is 3. The van der Waals surface area contributed by atoms with E-state index >= 15 is 0 Å². The molecule has 0 aliphatic heterocycles. The molecule has 0 saturated heterocycles. The summed E-state index contributed by atoms with van der Waals surface area (Å²) in [5.41, 5.74) is 0.675. The van der Waals surface area contributed by atoms with E-state index < -0.39 is 9.84 Å². The van der Waals surface area contributed by atoms with Crippen LogP contribution in [0, 0.1) is 0 Å². The maximum atomic E-state index is 12.4. The van der Waals surface area contributed by atoms with Crippen molar-refractivity contribution in [1.29, 1.82) is 0 Å². The molecule has 0 saturated carbocycles. The summed E-state index contributed by atoms with van der Waals surface area (Å²) in [5, 5.41) is 0.697. The Morgan fingerprint density at radius 1 is 0.913 bits per heavy atom. The number of aromatic nitrogens is 1. The van der Waals surface area contributed by atoms with Crippen molar-refractivity contribution in [3.63, 3.8) is 0 Å². The molecule has 0 unspecified atom stereocenters. The summed E-state index contributed by atoms with van der Waals surface area (Å²) >= 11 is 5.81. The van der Waals surface area contributed by atoms with E-state index in [0.29, 0.717) is 22.2 Å². The van der Waals surface area contributed by atoms with Gasteiger partial charge in [-0.05, 0) is 35.9 Å². The van der Waals surface area contributed by atoms with Crippen molar-refractivity contribution >= 4 is 21.4 Å². The number of sulfone groups is 1. The van der Waals surface area contributed by atoms with Crippen molar-refractivity contribution in [3.8, 4) is 11.6 Å². The van der Waals surface area contributed by atoms with Gasteiger partial charge in [0, 0.05) is 11.1 Å². The van der Waals surface area contributed by atoms with Crippen LogP contribution in [-0.2, 0) is 15.6 Å². The molecule has 1 heterocycles. The molecule has 3 rings (SSSR count). The first-order valence-electron chi connectivity index (χ1n) is 6.92. The standard InChI is InChI=1S/C17H14ClNO3S/c18-14-8-6-13(7-9-14)12-23(20,21)17-11-10-16(19-17)22-15-4-2-1-3-5-15/h1-11,19H,12H2. The van der Waals surface area contributed by atoms with Crippen molar-refractivity contribution in [2.45, 2.75) is 10.8 Å². The molecule has 0 aliphatic rings. The summed E-state index contributed by atoms with van der Waals surface area (Å²) in [6, 6.07) is 19.0. The molecule has 23 heavy (non-hydrogen) atoms. The highest BCUT2D eigenvalue weighted by Gasteiger charge is 2.18. The van der Waals surface area contributed by atoms with Crippen LogP contribution in [0.15, 0.2) is 71.8 Å². The van der Waals surface area contributed by atoms with E-state index in [1.807, 2.05) is 18.2 Å². The average molecular weight is 348 g/mol. The van der Waals surface area contributed by atoms with Crippen LogP contribution in [0.3, 0.4) is 0 Å². The Morgan fingerprint density at radius 3 is 2.30 bits per heavy atom. The van der Waals surface area contributed by atoms with Gasteiger partial charge in [0.05, 0.1) is 5.75 Å². The third-order valence-corrected chi connectivity index (χ3v) is 5.08. The predicted octanol–water partition coefficient (Wildman–Crippen LogP) is 4.43. The average Bonchev–Trinajstić information content (AvgIpc) is 3.00. The van der Waals surface area contributed by atoms with E-state index in [0.717, 1.165) is 0 Å². The van der Waals surface area contributed by atoms with Gasteiger partial charge in [0.1, 0.15) is 10.8 Å². The topological polar surface area (TPSA) is 59.2 Å². The molecule has 0 radical (unpaired) electrons. The Bertz CT molecular complexity index is 887. The van der Waals surface area contributed by atoms with Gasteiger partial charge in [-0.2, -0.15) is 0 Å². The minimum Gasteiger partial charge on any atom is -0.441 e. The van der Waals surface area contributed by atoms with Gasteiger partial charge in [0.15, 0.2) is 15.7 Å². The van der Waals surface area contributed by atoms with Crippen LogP contribution in [-0.4, -0.2) is 13.4 Å². The normalized spacial score (nSPS) is 11.3. The van der Waals surface area contributed by atoms with Crippen LogP contribution in [0.25, 0.3) is 0 Å². The second-order valence-corrected chi connectivity index (χ2v) is 7.38. The first kappa shape index (κ1) is 15.6. The summed E-state index contributed by atoms with van der Waals surface area (Å²) in [6.45, 7) is 0. The van der Waals surface area contributed by atoms with E-state index in [4.69, 9.17) is 16.3 Å². The largest absolute Gasteiger partial charge is 0.441 e. The number of H-pyrrole nitrogens is 1. The summed E-state index contributed by atoms with van der Waals surface area (Å²) in [7, 11) is -3.48. The molecule has 1 aromatic heterocycles. The maximum absolute atomic E-state index is 12.4. The Balaban J connectivity index is 1.77. The lowest BCUT2D eigenvalue weighted by atomic mass is 10.2. The lowest BCUT2D eigenvalue weighted by Gasteiger charge is -2.04. The molecule has 0 spiro atoms. The third kappa shape index (κ3) is 3.94. The van der Waals surface area contributed by atoms with E-state index in [2.05, 4.69) is 4.98 Å². The highest BCUT2D eigenvalue weighted by Crippen LogP contribution is 2.24. The predicted molar refractivity (Wildman–Crippen MR) is 89.7 cm³/mol. The number of benzene rings is 2. The van der Waals surface area contributed by atoms with Crippen LogP contribution in [0.5, 0.6) is 11.6 Å². The zero-order valence-corrected chi connectivity index (χ0v) is 13.6. The van der Waals surface area contributed by atoms with Crippen LogP contribution in [0.2, 0.25) is 5.02 Å². The van der Waals surface area contributed by atoms with Crippen molar-refractivity contribution in [3.05, 3.63) is 77.3 Å². The van der Waals surface area contributed by atoms with Gasteiger partial charge in [-0.25, -0.2) is 8.42 Å². The molecule has 0 atom stereocenters. The SMILES string of the molecule is O=S(=O)(Cc1ccc(Cl)cc1)c1ccc(Oc2ccccc2)[nH]1. The lowest BCUT2D eigenvalue weighted by molar-refractivity contribution is 0.462. The lowest BCUT2D eigenvalue weighted by Crippen LogP contribution is -2.05. The number of ether oxygens (including phenoxy) is 1.